The van der Waals surface area contributed by atoms with Gasteiger partial charge in [-0.1, -0.05) is 0 Å². The topological polar surface area (TPSA) is 74.4 Å². The number of anilines is 1. The fourth-order valence-corrected chi connectivity index (χ4v) is 2.79. The van der Waals surface area contributed by atoms with Crippen LogP contribution in [0, 0.1) is 0 Å². The normalized spacial score (nSPS) is 17.3. The molecule has 2 N–H and O–H groups in total. The van der Waals surface area contributed by atoms with E-state index in [4.69, 9.17) is 9.52 Å². The van der Waals surface area contributed by atoms with Crippen LogP contribution in [0.4, 0.5) is 5.95 Å². The molecule has 6 heteroatoms. The molecule has 0 aromatic carbocycles. The molecule has 0 bridgehead atoms. The highest BCUT2D eigenvalue weighted by molar-refractivity contribution is 5.34. The zero-order chi connectivity index (χ0) is 15.5. The third-order valence-electron chi connectivity index (χ3n) is 3.96. The maximum absolute atomic E-state index is 9.03. The molecule has 6 nitrogen and oxygen atoms in total. The van der Waals surface area contributed by atoms with Crippen molar-refractivity contribution in [2.24, 2.45) is 0 Å². The predicted molar refractivity (Wildman–Crippen MR) is 83.5 cm³/mol. The summed E-state index contributed by atoms with van der Waals surface area (Å²) in [7, 11) is 3.91. The van der Waals surface area contributed by atoms with Crippen LogP contribution in [-0.4, -0.2) is 29.2 Å². The second kappa shape index (κ2) is 6.46. The lowest BCUT2D eigenvalue weighted by molar-refractivity contribution is 0.242. The number of nitrogens with zero attached hydrogens (tertiary/aromatic N) is 3. The average molecular weight is 302 g/mol. The summed E-state index contributed by atoms with van der Waals surface area (Å²) >= 11 is 0. The molecule has 1 aliphatic rings. The maximum atomic E-state index is 9.03. The smallest absolute Gasteiger partial charge is 0.225 e. The summed E-state index contributed by atoms with van der Waals surface area (Å²) in [5.41, 5.74) is 2.32. The van der Waals surface area contributed by atoms with Crippen molar-refractivity contribution in [3.05, 3.63) is 41.1 Å². The van der Waals surface area contributed by atoms with E-state index in [2.05, 4.69) is 15.3 Å². The van der Waals surface area contributed by atoms with Gasteiger partial charge in [0.15, 0.2) is 0 Å². The minimum absolute atomic E-state index is 0.0621. The van der Waals surface area contributed by atoms with Gasteiger partial charge < -0.3 is 19.7 Å². The fourth-order valence-electron chi connectivity index (χ4n) is 2.79. The Balaban J connectivity index is 1.71. The van der Waals surface area contributed by atoms with E-state index in [1.54, 1.807) is 6.07 Å². The molecule has 0 spiro atoms. The van der Waals surface area contributed by atoms with E-state index in [0.717, 1.165) is 36.7 Å². The van der Waals surface area contributed by atoms with Crippen molar-refractivity contribution >= 4 is 5.95 Å². The molecule has 2 heterocycles. The number of aromatic nitrogens is 2. The van der Waals surface area contributed by atoms with Crippen LogP contribution in [0.15, 0.2) is 22.7 Å². The lowest BCUT2D eigenvalue weighted by Crippen LogP contribution is -2.26. The Morgan fingerprint density at radius 3 is 2.91 bits per heavy atom. The van der Waals surface area contributed by atoms with Crippen LogP contribution in [0.1, 0.15) is 41.7 Å². The van der Waals surface area contributed by atoms with E-state index in [0.29, 0.717) is 12.3 Å². The fraction of sp³-hybridized carbons (Fsp3) is 0.500. The Morgan fingerprint density at radius 2 is 2.18 bits per heavy atom. The van der Waals surface area contributed by atoms with Crippen molar-refractivity contribution < 1.29 is 9.52 Å². The summed E-state index contributed by atoms with van der Waals surface area (Å²) in [4.78, 5) is 11.0. The van der Waals surface area contributed by atoms with Crippen LogP contribution in [0.25, 0.3) is 0 Å². The number of furan rings is 1. The van der Waals surface area contributed by atoms with Crippen LogP contribution in [0.5, 0.6) is 0 Å². The van der Waals surface area contributed by atoms with Gasteiger partial charge in [-0.25, -0.2) is 9.97 Å². The second-order valence-electron chi connectivity index (χ2n) is 5.82. The zero-order valence-electron chi connectivity index (χ0n) is 13.0. The highest BCUT2D eigenvalue weighted by Gasteiger charge is 2.22. The molecule has 0 unspecified atom stereocenters. The first-order valence-corrected chi connectivity index (χ1v) is 7.62. The first-order chi connectivity index (χ1) is 10.7. The molecule has 0 saturated carbocycles. The summed E-state index contributed by atoms with van der Waals surface area (Å²) < 4.78 is 5.51. The van der Waals surface area contributed by atoms with Gasteiger partial charge in [0.2, 0.25) is 5.95 Å². The Labute approximate surface area is 130 Å². The first kappa shape index (κ1) is 15.0. The van der Waals surface area contributed by atoms with E-state index in [1.165, 1.54) is 5.56 Å². The van der Waals surface area contributed by atoms with Gasteiger partial charge in [0.05, 0.1) is 12.2 Å². The molecule has 0 aliphatic heterocycles. The molecule has 0 saturated heterocycles. The minimum Gasteiger partial charge on any atom is -0.462 e. The number of rotatable bonds is 5. The number of aryl methyl sites for hydroxylation is 1. The number of hydrogen-bond acceptors (Lipinski definition) is 6. The van der Waals surface area contributed by atoms with Gasteiger partial charge in [-0.15, -0.1) is 0 Å². The van der Waals surface area contributed by atoms with Gasteiger partial charge in [-0.2, -0.15) is 0 Å². The van der Waals surface area contributed by atoms with Gasteiger partial charge in [0.25, 0.3) is 0 Å². The molecule has 1 atom stereocenters. The van der Waals surface area contributed by atoms with Crippen molar-refractivity contribution in [3.63, 3.8) is 0 Å². The largest absolute Gasteiger partial charge is 0.462 e. The Kier molecular flexibility index (Phi) is 4.40. The van der Waals surface area contributed by atoms with Crippen molar-refractivity contribution in [1.29, 1.82) is 0 Å². The van der Waals surface area contributed by atoms with E-state index < -0.39 is 0 Å². The number of aliphatic hydroxyl groups is 1. The average Bonchev–Trinajstić information content (AvgIpc) is 3.00. The summed E-state index contributed by atoms with van der Waals surface area (Å²) in [5, 5.41) is 12.5. The van der Waals surface area contributed by atoms with Crippen LogP contribution in [0.2, 0.25) is 0 Å². The molecule has 2 aromatic heterocycles. The van der Waals surface area contributed by atoms with Gasteiger partial charge in [-0.05, 0) is 31.4 Å². The third kappa shape index (κ3) is 3.13. The van der Waals surface area contributed by atoms with Crippen molar-refractivity contribution in [2.75, 3.05) is 19.0 Å². The first-order valence-electron chi connectivity index (χ1n) is 7.62. The molecular weight excluding hydrogens is 280 g/mol. The van der Waals surface area contributed by atoms with Gasteiger partial charge in [-0.3, -0.25) is 0 Å². The predicted octanol–water partition coefficient (Wildman–Crippen LogP) is 1.80. The molecular formula is C16H22N4O2. The van der Waals surface area contributed by atoms with E-state index in [9.17, 15) is 0 Å². The molecule has 2 aromatic rings. The van der Waals surface area contributed by atoms with Crippen molar-refractivity contribution in [3.8, 4) is 0 Å². The summed E-state index contributed by atoms with van der Waals surface area (Å²) in [6.45, 7) is 0.576. The van der Waals surface area contributed by atoms with Gasteiger partial charge >= 0.3 is 0 Å². The molecule has 22 heavy (non-hydrogen) atoms. The quantitative estimate of drug-likeness (QED) is 0.877. The number of aliphatic hydroxyl groups excluding tert-OH is 1. The highest BCUT2D eigenvalue weighted by Crippen LogP contribution is 2.29. The molecule has 3 rings (SSSR count). The van der Waals surface area contributed by atoms with Crippen LogP contribution in [-0.2, 0) is 19.6 Å². The molecule has 0 radical (unpaired) electrons. The van der Waals surface area contributed by atoms with Gasteiger partial charge in [0.1, 0.15) is 18.1 Å². The van der Waals surface area contributed by atoms with Crippen molar-refractivity contribution in [2.45, 2.75) is 38.5 Å². The monoisotopic (exact) mass is 302 g/mol. The van der Waals surface area contributed by atoms with Crippen LogP contribution >= 0.6 is 0 Å². The Morgan fingerprint density at radius 1 is 1.36 bits per heavy atom. The molecule has 0 amide bonds. The number of fused-ring (bicyclic) bond motifs is 1. The van der Waals surface area contributed by atoms with E-state index in [1.807, 2.05) is 31.3 Å². The Bertz CT molecular complexity index is 639. The van der Waals surface area contributed by atoms with Gasteiger partial charge in [0, 0.05) is 31.9 Å². The van der Waals surface area contributed by atoms with Crippen LogP contribution < -0.4 is 10.2 Å². The minimum atomic E-state index is -0.0621. The van der Waals surface area contributed by atoms with Crippen LogP contribution in [0.3, 0.4) is 0 Å². The zero-order valence-corrected chi connectivity index (χ0v) is 13.0. The molecule has 0 fully saturated rings. The second-order valence-corrected chi connectivity index (χ2v) is 5.82. The van der Waals surface area contributed by atoms with Crippen molar-refractivity contribution in [1.82, 2.24) is 15.3 Å². The number of nitrogens with one attached hydrogen (secondary N) is 1. The SMILES string of the molecule is CN(C)c1ncc2c(n1)CCC[C@@H]2NCc1ccc(CO)o1. The standard InChI is InChI=1S/C16H22N4O2/c1-20(2)16-18-9-13-14(4-3-5-15(13)19-16)17-8-11-6-7-12(10-21)22-11/h6-7,9,14,17,21H,3-5,8,10H2,1-2H3/t14-/m0/s1. The van der Waals surface area contributed by atoms with E-state index in [-0.39, 0.29) is 12.6 Å². The lowest BCUT2D eigenvalue weighted by atomic mass is 9.92. The summed E-state index contributed by atoms with van der Waals surface area (Å²) in [5.74, 6) is 2.19. The lowest BCUT2D eigenvalue weighted by Gasteiger charge is -2.26. The molecule has 118 valence electrons. The third-order valence-corrected chi connectivity index (χ3v) is 3.96. The Hall–Kier alpha value is -1.92. The summed E-state index contributed by atoms with van der Waals surface area (Å²) in [6.07, 6.45) is 5.14. The number of hydrogen-bond donors (Lipinski definition) is 2. The maximum Gasteiger partial charge on any atom is 0.225 e. The summed E-state index contributed by atoms with van der Waals surface area (Å²) in [6, 6.07) is 3.95. The molecule has 1 aliphatic carbocycles. The van der Waals surface area contributed by atoms with E-state index >= 15 is 0 Å². The highest BCUT2D eigenvalue weighted by atomic mass is 16.4.